The Kier molecular flexibility index (Phi) is 325. The summed E-state index contributed by atoms with van der Waals surface area (Å²) in [6, 6.07) is 0. The third-order valence-electron chi connectivity index (χ3n) is 4.11. The van der Waals surface area contributed by atoms with E-state index in [2.05, 4.69) is 39.9 Å². The minimum absolute atomic E-state index is 0. The topological polar surface area (TPSA) is 32.3 Å². The van der Waals surface area contributed by atoms with Crippen LogP contribution in [0.2, 0.25) is 0 Å². The molecule has 0 amide bonds. The standard InChI is InChI=1S/C11H21NO.21Y/c1-8-9(2,3)10(4,5)12-11(8,6)7-13;;;;;;;;;;;;;;;;;;;;;/h7,12-13H,1-6H3;;;;;;;;;;;;;;;;;;;;;/q-2;;;;;;;;;;;;;;;;;;;;;/t11-;;;;;;;;;;;;;;;;;;;;;/m1...................../s1. The van der Waals surface area contributed by atoms with Crippen molar-refractivity contribution in [2.24, 2.45) is 5.41 Å². The fraction of sp³-hybridized carbons (Fsp3) is 0.818. The molecule has 2 nitrogen and oxygen atoms in total. The molecule has 1 fully saturated rings. The fourth-order valence-corrected chi connectivity index (χ4v) is 2.15. The predicted octanol–water partition coefficient (Wildman–Crippen LogP) is 2.23. The van der Waals surface area contributed by atoms with Crippen LogP contribution in [0, 0.1) is 17.9 Å². The van der Waals surface area contributed by atoms with Crippen LogP contribution in [0.25, 0.3) is 0 Å². The molecule has 0 saturated carbocycles. The van der Waals surface area contributed by atoms with Gasteiger partial charge in [0.05, 0.1) is 0 Å². The molecular formula is C11H21NOY21-2. The summed E-state index contributed by atoms with van der Waals surface area (Å²) < 4.78 is 0. The van der Waals surface area contributed by atoms with Crippen LogP contribution < -0.4 is 5.32 Å². The predicted molar refractivity (Wildman–Crippen MR) is 54.6 cm³/mol. The maximum absolute atomic E-state index is 9.25. The van der Waals surface area contributed by atoms with Crippen molar-refractivity contribution < 1.29 is 692 Å². The number of hydrogen-bond acceptors (Lipinski definition) is 2. The normalized spacial score (nSPS) is 14.6. The van der Waals surface area contributed by atoms with Crippen LogP contribution in [-0.2, 0) is 687 Å². The van der Waals surface area contributed by atoms with E-state index in [1.54, 1.807) is 0 Å². The number of nitrogens with one attached hydrogen (secondary N) is 1. The summed E-state index contributed by atoms with van der Waals surface area (Å²) in [7, 11) is 0. The first-order valence-corrected chi connectivity index (χ1v) is 4.80. The van der Waals surface area contributed by atoms with E-state index in [0.29, 0.717) is 0 Å². The second-order valence-electron chi connectivity index (χ2n) is 5.33. The molecule has 1 aliphatic heterocycles. The van der Waals surface area contributed by atoms with Crippen molar-refractivity contribution in [3.05, 3.63) is 12.5 Å². The van der Waals surface area contributed by atoms with Gasteiger partial charge >= 0.3 is 0 Å². The molecule has 23 heteroatoms. The first kappa shape index (κ1) is 138. The average Bonchev–Trinajstić information content (AvgIpc) is 2.11. The van der Waals surface area contributed by atoms with Gasteiger partial charge in [-0.25, -0.2) is 12.1 Å². The molecule has 0 aromatic carbocycles. The van der Waals surface area contributed by atoms with Crippen molar-refractivity contribution >= 4 is 0 Å². The third-order valence-corrected chi connectivity index (χ3v) is 4.11. The zero-order valence-corrected chi connectivity index (χ0v) is 81.3. The Bertz CT molecular complexity index is 243. The summed E-state index contributed by atoms with van der Waals surface area (Å²) in [5, 5.41) is 12.7. The van der Waals surface area contributed by atoms with Gasteiger partial charge in [-0.3, -0.25) is 0 Å². The Hall–Kier alpha value is 23.1. The summed E-state index contributed by atoms with van der Waals surface area (Å²) in [6.45, 7) is 14.1. The van der Waals surface area contributed by atoms with E-state index in [-0.39, 0.29) is 703 Å². The summed E-state index contributed by atoms with van der Waals surface area (Å²) in [5.74, 6) is 1.28. The van der Waals surface area contributed by atoms with E-state index in [1.165, 1.54) is 12.5 Å². The molecule has 0 unspecified atom stereocenters. The van der Waals surface area contributed by atoms with Crippen LogP contribution in [-0.4, -0.2) is 16.2 Å². The number of rotatable bonds is 1. The summed E-state index contributed by atoms with van der Waals surface area (Å²) in [5.41, 5.74) is -0.223. The number of hydrogen-bond donors (Lipinski definition) is 2. The number of aliphatic hydroxyl groups excluding tert-OH is 1. The van der Waals surface area contributed by atoms with Crippen LogP contribution in [0.4, 0.5) is 0 Å². The first-order valence-electron chi connectivity index (χ1n) is 4.80. The fourth-order valence-electron chi connectivity index (χ4n) is 2.15. The van der Waals surface area contributed by atoms with Crippen LogP contribution >= 0.6 is 0 Å². The molecule has 0 aromatic rings. The molecule has 0 aliphatic carbocycles. The molecule has 0 bridgehead atoms. The van der Waals surface area contributed by atoms with Crippen LogP contribution in [0.1, 0.15) is 41.5 Å². The smallest absolute Gasteiger partial charge is 0 e. The van der Waals surface area contributed by atoms with Gasteiger partial charge < -0.3 is 16.3 Å². The Morgan fingerprint density at radius 2 is 0.647 bits per heavy atom. The first-order chi connectivity index (χ1) is 5.67. The van der Waals surface area contributed by atoms with Crippen LogP contribution in [0.3, 0.4) is 0 Å². The Labute approximate surface area is 741 Å². The monoisotopic (exact) mass is 2050 g/mol. The minimum atomic E-state index is -0.340. The van der Waals surface area contributed by atoms with Gasteiger partial charge in [0.1, 0.15) is 0 Å². The van der Waals surface area contributed by atoms with E-state index in [9.17, 15) is 5.11 Å². The molecule has 0 spiro atoms. The van der Waals surface area contributed by atoms with E-state index in [1.807, 2.05) is 6.92 Å². The molecule has 1 atom stereocenters. The number of aliphatic hydroxyl groups is 1. The van der Waals surface area contributed by atoms with E-state index < -0.39 is 0 Å². The van der Waals surface area contributed by atoms with Gasteiger partial charge in [0.25, 0.3) is 0 Å². The summed E-state index contributed by atoms with van der Waals surface area (Å²) in [4.78, 5) is 0. The van der Waals surface area contributed by atoms with Crippen LogP contribution in [0.5, 0.6) is 0 Å². The van der Waals surface area contributed by atoms with Gasteiger partial charge in [-0.15, -0.1) is 5.41 Å². The van der Waals surface area contributed by atoms with Gasteiger partial charge in [-0.1, -0.05) is 20.8 Å². The van der Waals surface area contributed by atoms with Gasteiger partial charge in [-0.2, -0.15) is 6.92 Å². The summed E-state index contributed by atoms with van der Waals surface area (Å²) >= 11 is 0. The minimum Gasteiger partial charge on any atom is -0.567 e. The Balaban J connectivity index is -0.00000000424. The largest absolute Gasteiger partial charge is 0.567 e. The van der Waals surface area contributed by atoms with Crippen molar-refractivity contribution in [1.29, 1.82) is 0 Å². The van der Waals surface area contributed by atoms with Crippen LogP contribution in [0.15, 0.2) is 0 Å². The maximum atomic E-state index is 9.25. The molecule has 1 heterocycles. The zero-order valence-electron chi connectivity index (χ0n) is 21.6. The van der Waals surface area contributed by atoms with Gasteiger partial charge in [-0.05, 0) is 19.4 Å². The maximum Gasteiger partial charge on any atom is 0 e. The summed E-state index contributed by atoms with van der Waals surface area (Å²) in [6.07, 6.45) is 0. The molecule has 34 heavy (non-hydrogen) atoms. The van der Waals surface area contributed by atoms with Gasteiger partial charge in [0.2, 0.25) is 0 Å². The SMILES string of the molecule is C[C-]1C(C)(C)C(C)(C)N[C@]1(C)[CH-]O.[Y].[Y].[Y].[Y].[Y].[Y].[Y].[Y].[Y].[Y].[Y].[Y].[Y].[Y].[Y].[Y].[Y].[Y].[Y].[Y].[Y]. The molecule has 1 aliphatic rings. The molecule has 1 saturated heterocycles. The van der Waals surface area contributed by atoms with Gasteiger partial charge in [0.15, 0.2) is 0 Å². The zero-order chi connectivity index (χ0) is 10.5. The molecule has 21 radical (unpaired) electrons. The van der Waals surface area contributed by atoms with Gasteiger partial charge in [0, 0.05) is 687 Å². The van der Waals surface area contributed by atoms with E-state index >= 15 is 0 Å². The average molecular weight is 2050 g/mol. The van der Waals surface area contributed by atoms with Crippen molar-refractivity contribution in [3.63, 3.8) is 0 Å². The van der Waals surface area contributed by atoms with E-state index in [4.69, 9.17) is 0 Å². The molecule has 0 aromatic heterocycles. The van der Waals surface area contributed by atoms with Crippen molar-refractivity contribution in [2.45, 2.75) is 52.6 Å². The van der Waals surface area contributed by atoms with Crippen molar-refractivity contribution in [1.82, 2.24) is 5.32 Å². The third kappa shape index (κ3) is 57.2. The molecule has 2 N–H and O–H groups in total. The molecular weight excluding hydrogens is 2030 g/mol. The molecule has 1 rings (SSSR count). The van der Waals surface area contributed by atoms with E-state index in [0.717, 1.165) is 0 Å². The Morgan fingerprint density at radius 1 is 0.471 bits per heavy atom. The second kappa shape index (κ2) is 80.1. The molecule has 141 valence electrons. The van der Waals surface area contributed by atoms with Crippen molar-refractivity contribution in [3.8, 4) is 0 Å². The quantitative estimate of drug-likeness (QED) is 0.396. The Morgan fingerprint density at radius 3 is 0.706 bits per heavy atom. The second-order valence-corrected chi connectivity index (χ2v) is 5.33. The van der Waals surface area contributed by atoms with Crippen molar-refractivity contribution in [2.75, 3.05) is 0 Å².